The molecule has 0 radical (unpaired) electrons. The fourth-order valence-corrected chi connectivity index (χ4v) is 3.07. The lowest BCUT2D eigenvalue weighted by molar-refractivity contribution is 0.0362. The summed E-state index contributed by atoms with van der Waals surface area (Å²) in [7, 11) is 0. The van der Waals surface area contributed by atoms with Crippen molar-refractivity contribution >= 4 is 17.7 Å². The highest BCUT2D eigenvalue weighted by molar-refractivity contribution is 6.31. The van der Waals surface area contributed by atoms with Crippen LogP contribution in [0.2, 0.25) is 5.02 Å². The maximum Gasteiger partial charge on any atom is 0.408 e. The minimum atomic E-state index is -1.00. The number of aliphatic hydroxyl groups is 1. The number of hydrogen-bond acceptors (Lipinski definition) is 2. The summed E-state index contributed by atoms with van der Waals surface area (Å²) in [5, 5.41) is 20.3. The number of aliphatic hydroxyl groups excluding tert-OH is 1. The zero-order chi connectivity index (χ0) is 14.2. The molecule has 2 atom stereocenters. The van der Waals surface area contributed by atoms with Crippen molar-refractivity contribution < 1.29 is 15.0 Å². The van der Waals surface area contributed by atoms with Gasteiger partial charge >= 0.3 is 6.09 Å². The molecule has 2 N–H and O–H groups in total. The van der Waals surface area contributed by atoms with E-state index in [9.17, 15) is 15.0 Å². The normalized spacial score (nSPS) is 23.4. The van der Waals surface area contributed by atoms with Gasteiger partial charge in [0.05, 0.1) is 6.04 Å². The summed E-state index contributed by atoms with van der Waals surface area (Å²) in [4.78, 5) is 12.8. The maximum atomic E-state index is 11.4. The number of carboxylic acid groups (broad SMARTS) is 1. The highest BCUT2D eigenvalue weighted by Gasteiger charge is 2.46. The second-order valence-corrected chi connectivity index (χ2v) is 5.94. The van der Waals surface area contributed by atoms with E-state index < -0.39 is 23.8 Å². The molecule has 1 amide bonds. The van der Waals surface area contributed by atoms with Gasteiger partial charge in [-0.25, -0.2) is 4.79 Å². The van der Waals surface area contributed by atoms with Crippen LogP contribution in [0.1, 0.15) is 38.4 Å². The van der Waals surface area contributed by atoms with E-state index in [1.807, 2.05) is 13.8 Å². The molecule has 1 aromatic rings. The van der Waals surface area contributed by atoms with Crippen LogP contribution in [0.4, 0.5) is 4.79 Å². The monoisotopic (exact) mass is 283 g/mol. The molecule has 4 nitrogen and oxygen atoms in total. The van der Waals surface area contributed by atoms with Crippen LogP contribution in [-0.2, 0) is 0 Å². The number of nitrogens with zero attached hydrogens (tertiary/aromatic N) is 1. The van der Waals surface area contributed by atoms with Crippen molar-refractivity contribution in [1.29, 1.82) is 0 Å². The lowest BCUT2D eigenvalue weighted by atomic mass is 10.00. The van der Waals surface area contributed by atoms with Crippen LogP contribution in [0.15, 0.2) is 24.3 Å². The van der Waals surface area contributed by atoms with Gasteiger partial charge in [-0.1, -0.05) is 29.8 Å². The zero-order valence-electron chi connectivity index (χ0n) is 11.0. The average molecular weight is 284 g/mol. The maximum absolute atomic E-state index is 11.4. The smallest absolute Gasteiger partial charge is 0.408 e. The van der Waals surface area contributed by atoms with Gasteiger partial charge in [0.25, 0.3) is 0 Å². The molecule has 2 rings (SSSR count). The number of carbonyl (C=O) groups is 1. The first-order chi connectivity index (χ1) is 8.84. The molecule has 0 bridgehead atoms. The van der Waals surface area contributed by atoms with E-state index in [0.717, 1.165) is 6.42 Å². The largest absolute Gasteiger partial charge is 0.465 e. The molecule has 1 heterocycles. The van der Waals surface area contributed by atoms with Gasteiger partial charge in [0.15, 0.2) is 0 Å². The number of rotatable bonds is 2. The van der Waals surface area contributed by atoms with Crippen LogP contribution in [-0.4, -0.2) is 32.8 Å². The number of halogens is 1. The highest BCUT2D eigenvalue weighted by atomic mass is 35.5. The van der Waals surface area contributed by atoms with Crippen LogP contribution in [0.3, 0.4) is 0 Å². The Hall–Kier alpha value is -1.26. The van der Waals surface area contributed by atoms with E-state index >= 15 is 0 Å². The van der Waals surface area contributed by atoms with Gasteiger partial charge in [-0.3, -0.25) is 4.90 Å². The van der Waals surface area contributed by atoms with Crippen LogP contribution in [0, 0.1) is 0 Å². The van der Waals surface area contributed by atoms with Crippen molar-refractivity contribution in [3.63, 3.8) is 0 Å². The second kappa shape index (κ2) is 5.02. The summed E-state index contributed by atoms with van der Waals surface area (Å²) in [5.74, 6) is 0. The number of benzene rings is 1. The SMILES string of the molecule is CC1(C)CC[C@@H](C(O)c2ccccc2Cl)N1C(=O)O. The first-order valence-corrected chi connectivity index (χ1v) is 6.67. The van der Waals surface area contributed by atoms with Crippen molar-refractivity contribution in [3.8, 4) is 0 Å². The molecule has 1 saturated heterocycles. The Bertz CT molecular complexity index is 489. The first kappa shape index (κ1) is 14.2. The Kier molecular flexibility index (Phi) is 3.74. The molecule has 0 saturated carbocycles. The Morgan fingerprint density at radius 3 is 2.68 bits per heavy atom. The molecule has 1 aliphatic rings. The molecular formula is C14H18ClNO3. The van der Waals surface area contributed by atoms with E-state index in [-0.39, 0.29) is 0 Å². The quantitative estimate of drug-likeness (QED) is 0.875. The highest BCUT2D eigenvalue weighted by Crippen LogP contribution is 2.40. The van der Waals surface area contributed by atoms with Crippen molar-refractivity contribution in [3.05, 3.63) is 34.9 Å². The zero-order valence-corrected chi connectivity index (χ0v) is 11.8. The van der Waals surface area contributed by atoms with Gasteiger partial charge in [0.2, 0.25) is 0 Å². The minimum absolute atomic E-state index is 0.451. The Balaban J connectivity index is 2.32. The van der Waals surface area contributed by atoms with Gasteiger partial charge in [-0.2, -0.15) is 0 Å². The van der Waals surface area contributed by atoms with E-state index in [0.29, 0.717) is 17.0 Å². The number of amides is 1. The van der Waals surface area contributed by atoms with Crippen LogP contribution < -0.4 is 0 Å². The lowest BCUT2D eigenvalue weighted by Crippen LogP contribution is -2.48. The predicted octanol–water partition coefficient (Wildman–Crippen LogP) is 3.29. The molecule has 104 valence electrons. The standard InChI is InChI=1S/C14H18ClNO3/c1-14(2)8-7-11(16(14)13(18)19)12(17)9-5-3-4-6-10(9)15/h3-6,11-12,17H,7-8H2,1-2H3,(H,18,19)/t11-,12?/m0/s1. The molecule has 19 heavy (non-hydrogen) atoms. The van der Waals surface area contributed by atoms with Crippen molar-refractivity contribution in [1.82, 2.24) is 4.90 Å². The summed E-state index contributed by atoms with van der Waals surface area (Å²) in [6, 6.07) is 6.55. The third kappa shape index (κ3) is 2.55. The van der Waals surface area contributed by atoms with Crippen molar-refractivity contribution in [2.75, 3.05) is 0 Å². The summed E-state index contributed by atoms with van der Waals surface area (Å²) in [5.41, 5.74) is 0.122. The fourth-order valence-electron chi connectivity index (χ4n) is 2.82. The Morgan fingerprint density at radius 1 is 1.47 bits per heavy atom. The third-order valence-corrected chi connectivity index (χ3v) is 4.17. The van der Waals surface area contributed by atoms with Gasteiger partial charge < -0.3 is 10.2 Å². The number of hydrogen-bond donors (Lipinski definition) is 2. The van der Waals surface area contributed by atoms with Crippen LogP contribution in [0.5, 0.6) is 0 Å². The summed E-state index contributed by atoms with van der Waals surface area (Å²) >= 11 is 6.07. The topological polar surface area (TPSA) is 60.8 Å². The van der Waals surface area contributed by atoms with Gasteiger partial charge in [0, 0.05) is 16.1 Å². The molecule has 1 unspecified atom stereocenters. The van der Waals surface area contributed by atoms with E-state index in [4.69, 9.17) is 11.6 Å². The van der Waals surface area contributed by atoms with Crippen molar-refractivity contribution in [2.45, 2.75) is 44.4 Å². The molecule has 5 heteroatoms. The lowest BCUT2D eigenvalue weighted by Gasteiger charge is -2.35. The summed E-state index contributed by atoms with van der Waals surface area (Å²) in [6.45, 7) is 3.75. The Morgan fingerprint density at radius 2 is 2.11 bits per heavy atom. The number of likely N-dealkylation sites (tertiary alicyclic amines) is 1. The molecule has 0 aromatic heterocycles. The first-order valence-electron chi connectivity index (χ1n) is 6.29. The van der Waals surface area contributed by atoms with E-state index in [2.05, 4.69) is 0 Å². The molecule has 1 aromatic carbocycles. The Labute approximate surface area is 117 Å². The van der Waals surface area contributed by atoms with E-state index in [1.165, 1.54) is 4.90 Å². The molecule has 1 aliphatic heterocycles. The second-order valence-electron chi connectivity index (χ2n) is 5.54. The summed E-state index contributed by atoms with van der Waals surface area (Å²) < 4.78 is 0. The predicted molar refractivity (Wildman–Crippen MR) is 73.4 cm³/mol. The summed E-state index contributed by atoms with van der Waals surface area (Å²) in [6.07, 6.45) is -0.540. The molecular weight excluding hydrogens is 266 g/mol. The van der Waals surface area contributed by atoms with Gasteiger partial charge in [0.1, 0.15) is 6.10 Å². The molecule has 1 fully saturated rings. The van der Waals surface area contributed by atoms with Gasteiger partial charge in [-0.05, 0) is 32.8 Å². The van der Waals surface area contributed by atoms with E-state index in [1.54, 1.807) is 24.3 Å². The van der Waals surface area contributed by atoms with Crippen molar-refractivity contribution in [2.24, 2.45) is 0 Å². The third-order valence-electron chi connectivity index (χ3n) is 3.83. The van der Waals surface area contributed by atoms with Crippen LogP contribution in [0.25, 0.3) is 0 Å². The fraction of sp³-hybridized carbons (Fsp3) is 0.500. The minimum Gasteiger partial charge on any atom is -0.465 e. The average Bonchev–Trinajstić information content (AvgIpc) is 2.64. The molecule has 0 aliphatic carbocycles. The van der Waals surface area contributed by atoms with Crippen LogP contribution >= 0.6 is 11.6 Å². The van der Waals surface area contributed by atoms with Gasteiger partial charge in [-0.15, -0.1) is 0 Å². The molecule has 0 spiro atoms.